The summed E-state index contributed by atoms with van der Waals surface area (Å²) in [5, 5.41) is 4.79. The fraction of sp³-hybridized carbons (Fsp3) is 0.105. The van der Waals surface area contributed by atoms with Gasteiger partial charge >= 0.3 is 0 Å². The molecule has 0 saturated carbocycles. The van der Waals surface area contributed by atoms with Crippen molar-refractivity contribution in [1.29, 1.82) is 0 Å². The molecule has 0 radical (unpaired) electrons. The number of fused-ring (bicyclic) bond motifs is 4. The summed E-state index contributed by atoms with van der Waals surface area (Å²) >= 11 is 0. The second kappa shape index (κ2) is 4.04. The van der Waals surface area contributed by atoms with Crippen LogP contribution in [-0.2, 0) is 0 Å². The molecule has 3 aromatic carbocycles. The summed E-state index contributed by atoms with van der Waals surface area (Å²) in [4.78, 5) is 4.89. The molecule has 0 bridgehead atoms. The molecule has 1 nitrogen and oxygen atoms in total. The zero-order chi connectivity index (χ0) is 14.4. The highest BCUT2D eigenvalue weighted by atomic mass is 14.7. The zero-order valence-corrected chi connectivity index (χ0v) is 11.4. The SMILES string of the molecule is [2H]Cc1ccc2c(C)c3ccc4ccccc4c3nc2c1. The highest BCUT2D eigenvalue weighted by Crippen LogP contribution is 2.30. The molecule has 1 heteroatoms. The van der Waals surface area contributed by atoms with E-state index in [0.717, 1.165) is 16.6 Å². The van der Waals surface area contributed by atoms with Gasteiger partial charge in [-0.2, -0.15) is 0 Å². The van der Waals surface area contributed by atoms with Gasteiger partial charge < -0.3 is 0 Å². The van der Waals surface area contributed by atoms with Gasteiger partial charge in [-0.1, -0.05) is 48.5 Å². The molecule has 0 aliphatic carbocycles. The summed E-state index contributed by atoms with van der Waals surface area (Å²) in [5.41, 5.74) is 4.31. The van der Waals surface area contributed by atoms with Crippen molar-refractivity contribution in [3.05, 3.63) is 65.7 Å². The highest BCUT2D eigenvalue weighted by Gasteiger charge is 2.08. The molecule has 0 spiro atoms. The van der Waals surface area contributed by atoms with Gasteiger partial charge in [0.2, 0.25) is 0 Å². The van der Waals surface area contributed by atoms with Crippen molar-refractivity contribution in [3.63, 3.8) is 0 Å². The lowest BCUT2D eigenvalue weighted by molar-refractivity contribution is 1.43. The van der Waals surface area contributed by atoms with E-state index in [9.17, 15) is 0 Å². The second-order valence-electron chi connectivity index (χ2n) is 5.27. The topological polar surface area (TPSA) is 12.9 Å². The van der Waals surface area contributed by atoms with E-state index in [1.807, 2.05) is 12.1 Å². The van der Waals surface area contributed by atoms with Gasteiger partial charge in [-0.25, -0.2) is 4.98 Å². The van der Waals surface area contributed by atoms with Gasteiger partial charge in [-0.3, -0.25) is 0 Å². The van der Waals surface area contributed by atoms with E-state index in [4.69, 9.17) is 6.35 Å². The monoisotopic (exact) mass is 258 g/mol. The number of aromatic nitrogens is 1. The Kier molecular flexibility index (Phi) is 2.10. The van der Waals surface area contributed by atoms with E-state index in [2.05, 4.69) is 49.4 Å². The van der Waals surface area contributed by atoms with Gasteiger partial charge in [0.15, 0.2) is 0 Å². The molecular weight excluding hydrogens is 242 g/mol. The van der Waals surface area contributed by atoms with E-state index in [1.165, 1.54) is 27.1 Å². The summed E-state index contributed by atoms with van der Waals surface area (Å²) in [5.74, 6) is 0. The third-order valence-corrected chi connectivity index (χ3v) is 4.00. The van der Waals surface area contributed by atoms with E-state index < -0.39 is 0 Å². The minimum atomic E-state index is 0.296. The van der Waals surface area contributed by atoms with Crippen LogP contribution in [0.25, 0.3) is 32.6 Å². The van der Waals surface area contributed by atoms with Crippen molar-refractivity contribution in [1.82, 2.24) is 4.98 Å². The predicted molar refractivity (Wildman–Crippen MR) is 86.2 cm³/mol. The van der Waals surface area contributed by atoms with Crippen molar-refractivity contribution in [2.24, 2.45) is 0 Å². The van der Waals surface area contributed by atoms with Crippen LogP contribution >= 0.6 is 0 Å². The molecule has 0 fully saturated rings. The lowest BCUT2D eigenvalue weighted by Gasteiger charge is -2.10. The molecule has 0 atom stereocenters. The number of nitrogens with zero attached hydrogens (tertiary/aromatic N) is 1. The molecule has 0 aliphatic rings. The van der Waals surface area contributed by atoms with Crippen LogP contribution in [0.15, 0.2) is 54.6 Å². The van der Waals surface area contributed by atoms with Gasteiger partial charge in [0, 0.05) is 17.5 Å². The molecule has 1 heterocycles. The second-order valence-corrected chi connectivity index (χ2v) is 5.27. The smallest absolute Gasteiger partial charge is 0.0790 e. The Morgan fingerprint density at radius 3 is 2.65 bits per heavy atom. The molecule has 0 amide bonds. The highest BCUT2D eigenvalue weighted by molar-refractivity contribution is 6.10. The molecule has 0 aliphatic heterocycles. The number of pyridine rings is 1. The molecular formula is C19H15N. The Labute approximate surface area is 119 Å². The Hall–Kier alpha value is -2.41. The van der Waals surface area contributed by atoms with Gasteiger partial charge in [0.25, 0.3) is 0 Å². The standard InChI is InChI=1S/C19H15N/c1-12-7-9-15-13(2)16-10-8-14-5-3-4-6-17(14)19(16)20-18(15)11-12/h3-11H,1-2H3/i1D. The normalized spacial score (nSPS) is 12.2. The third-order valence-electron chi connectivity index (χ3n) is 4.00. The van der Waals surface area contributed by atoms with Gasteiger partial charge in [-0.05, 0) is 36.4 Å². The average Bonchev–Trinajstić information content (AvgIpc) is 2.54. The Morgan fingerprint density at radius 1 is 0.900 bits per heavy atom. The first kappa shape index (κ1) is 10.4. The Balaban J connectivity index is 2.22. The van der Waals surface area contributed by atoms with Crippen molar-refractivity contribution in [2.45, 2.75) is 13.8 Å². The van der Waals surface area contributed by atoms with Crippen molar-refractivity contribution >= 4 is 32.6 Å². The zero-order valence-electron chi connectivity index (χ0n) is 12.4. The molecule has 20 heavy (non-hydrogen) atoms. The summed E-state index contributed by atoms with van der Waals surface area (Å²) in [6.07, 6.45) is 0. The van der Waals surface area contributed by atoms with Gasteiger partial charge in [0.1, 0.15) is 0 Å². The number of hydrogen-bond donors (Lipinski definition) is 0. The van der Waals surface area contributed by atoms with Gasteiger partial charge in [-0.15, -0.1) is 0 Å². The lowest BCUT2D eigenvalue weighted by atomic mass is 9.99. The average molecular weight is 258 g/mol. The van der Waals surface area contributed by atoms with Gasteiger partial charge in [0.05, 0.1) is 11.0 Å². The Bertz CT molecular complexity index is 989. The first-order valence-electron chi connectivity index (χ1n) is 7.48. The minimum Gasteiger partial charge on any atom is -0.247 e. The van der Waals surface area contributed by atoms with Crippen molar-refractivity contribution < 1.29 is 1.37 Å². The summed E-state index contributed by atoms with van der Waals surface area (Å²) in [6.45, 7) is 2.45. The number of aryl methyl sites for hydroxylation is 2. The van der Waals surface area contributed by atoms with Crippen LogP contribution in [0.1, 0.15) is 12.5 Å². The summed E-state index contributed by atoms with van der Waals surface area (Å²) < 4.78 is 7.54. The van der Waals surface area contributed by atoms with Crippen LogP contribution < -0.4 is 0 Å². The van der Waals surface area contributed by atoms with E-state index >= 15 is 0 Å². The molecule has 1 aromatic heterocycles. The van der Waals surface area contributed by atoms with E-state index in [1.54, 1.807) is 0 Å². The van der Waals surface area contributed by atoms with Crippen LogP contribution in [0.5, 0.6) is 0 Å². The number of rotatable bonds is 0. The predicted octanol–water partition coefficient (Wildman–Crippen LogP) is 5.16. The minimum absolute atomic E-state index is 0.296. The van der Waals surface area contributed by atoms with Crippen molar-refractivity contribution in [3.8, 4) is 0 Å². The number of benzene rings is 3. The largest absolute Gasteiger partial charge is 0.247 e. The Morgan fingerprint density at radius 2 is 1.75 bits per heavy atom. The molecule has 96 valence electrons. The van der Waals surface area contributed by atoms with Crippen LogP contribution in [-0.4, -0.2) is 4.98 Å². The molecule has 4 aromatic rings. The number of hydrogen-bond acceptors (Lipinski definition) is 1. The summed E-state index contributed by atoms with van der Waals surface area (Å²) in [7, 11) is 0. The maximum absolute atomic E-state index is 7.54. The fourth-order valence-corrected chi connectivity index (χ4v) is 2.93. The van der Waals surface area contributed by atoms with Crippen LogP contribution in [0.2, 0.25) is 0 Å². The molecule has 4 rings (SSSR count). The van der Waals surface area contributed by atoms with E-state index in [0.29, 0.717) is 6.90 Å². The van der Waals surface area contributed by atoms with Crippen LogP contribution in [0.4, 0.5) is 0 Å². The fourth-order valence-electron chi connectivity index (χ4n) is 2.93. The van der Waals surface area contributed by atoms with E-state index in [-0.39, 0.29) is 0 Å². The molecule has 0 N–H and O–H groups in total. The maximum atomic E-state index is 7.54. The lowest BCUT2D eigenvalue weighted by Crippen LogP contribution is -1.89. The quantitative estimate of drug-likeness (QED) is 0.313. The van der Waals surface area contributed by atoms with Crippen LogP contribution in [0, 0.1) is 13.8 Å². The van der Waals surface area contributed by atoms with Crippen LogP contribution in [0.3, 0.4) is 0 Å². The first-order chi connectivity index (χ1) is 10.3. The molecule has 0 unspecified atom stereocenters. The van der Waals surface area contributed by atoms with Crippen molar-refractivity contribution in [2.75, 3.05) is 0 Å². The molecule has 0 saturated heterocycles. The summed E-state index contributed by atoms with van der Waals surface area (Å²) in [6, 6.07) is 18.8. The first-order valence-corrected chi connectivity index (χ1v) is 6.78. The third kappa shape index (κ3) is 1.53. The maximum Gasteiger partial charge on any atom is 0.0790 e.